The van der Waals surface area contributed by atoms with Crippen molar-refractivity contribution in [2.45, 2.75) is 6.54 Å². The number of fused-ring (bicyclic) bond motifs is 1. The minimum Gasteiger partial charge on any atom is -0.454 e. The first-order valence-corrected chi connectivity index (χ1v) is 6.70. The Morgan fingerprint density at radius 3 is 2.95 bits per heavy atom. The van der Waals surface area contributed by atoms with Gasteiger partial charge in [0.2, 0.25) is 5.91 Å². The van der Waals surface area contributed by atoms with Crippen molar-refractivity contribution in [3.8, 4) is 11.5 Å². The van der Waals surface area contributed by atoms with Crippen LogP contribution in [0.2, 0.25) is 0 Å². The molecule has 116 valence electrons. The molecule has 7 heteroatoms. The molecule has 2 heterocycles. The minimum absolute atomic E-state index is 0. The van der Waals surface area contributed by atoms with E-state index in [4.69, 9.17) is 4.42 Å². The van der Waals surface area contributed by atoms with Crippen LogP contribution < -0.4 is 10.6 Å². The summed E-state index contributed by atoms with van der Waals surface area (Å²) in [4.78, 5) is 11.2. The zero-order chi connectivity index (χ0) is 14.7. The lowest BCUT2D eigenvalue weighted by Crippen LogP contribution is -2.30. The normalized spacial score (nSPS) is 10.4. The number of nitrogens with zero attached hydrogens (tertiary/aromatic N) is 1. The minimum atomic E-state index is -0.0521. The second kappa shape index (κ2) is 7.11. The topological polar surface area (TPSA) is 83.0 Å². The summed E-state index contributed by atoms with van der Waals surface area (Å²) in [6, 6.07) is 9.82. The summed E-state index contributed by atoms with van der Waals surface area (Å²) in [5, 5.41) is 13.7. The van der Waals surface area contributed by atoms with Crippen molar-refractivity contribution < 1.29 is 9.21 Å². The summed E-state index contributed by atoms with van der Waals surface area (Å²) in [7, 11) is 1.61. The number of hydrogen-bond donors (Lipinski definition) is 3. The number of nitrogens with one attached hydrogen (secondary N) is 3. The Balaban J connectivity index is 0.00000176. The molecule has 0 saturated carbocycles. The number of likely N-dealkylation sites (N-methyl/N-ethyl adjacent to an activating group) is 1. The number of aromatic nitrogens is 2. The van der Waals surface area contributed by atoms with Gasteiger partial charge >= 0.3 is 0 Å². The number of halogens is 1. The number of H-pyrrole nitrogens is 1. The van der Waals surface area contributed by atoms with Crippen molar-refractivity contribution >= 4 is 29.3 Å². The molecular weight excluding hydrogens is 304 g/mol. The molecule has 1 aromatic carbocycles. The standard InChI is InChI=1S/C15H16N4O2.ClH/c1-16-14(20)9-17-7-11-8-18-19-15(11)13-6-10-4-2-3-5-12(10)21-13;/h2-6,8,17H,7,9H2,1H3,(H,16,20)(H,18,19);1H. The van der Waals surface area contributed by atoms with Crippen molar-refractivity contribution in [3.63, 3.8) is 0 Å². The third kappa shape index (κ3) is 3.29. The van der Waals surface area contributed by atoms with Crippen LogP contribution in [0.5, 0.6) is 0 Å². The number of amides is 1. The van der Waals surface area contributed by atoms with Crippen molar-refractivity contribution in [2.75, 3.05) is 13.6 Å². The van der Waals surface area contributed by atoms with Gasteiger partial charge in [0.05, 0.1) is 12.7 Å². The van der Waals surface area contributed by atoms with Gasteiger partial charge in [-0.15, -0.1) is 12.4 Å². The number of benzene rings is 1. The number of rotatable bonds is 5. The van der Waals surface area contributed by atoms with Gasteiger partial charge in [-0.3, -0.25) is 9.89 Å². The van der Waals surface area contributed by atoms with Gasteiger partial charge in [-0.25, -0.2) is 0 Å². The van der Waals surface area contributed by atoms with E-state index in [1.165, 1.54) is 0 Å². The van der Waals surface area contributed by atoms with Crippen LogP contribution >= 0.6 is 12.4 Å². The molecule has 1 amide bonds. The summed E-state index contributed by atoms with van der Waals surface area (Å²) in [5.74, 6) is 0.689. The third-order valence-electron chi connectivity index (χ3n) is 3.27. The highest BCUT2D eigenvalue weighted by molar-refractivity contribution is 5.85. The first-order valence-electron chi connectivity index (χ1n) is 6.70. The maximum Gasteiger partial charge on any atom is 0.233 e. The summed E-state index contributed by atoms with van der Waals surface area (Å²) >= 11 is 0. The maximum atomic E-state index is 11.2. The van der Waals surface area contributed by atoms with Crippen LogP contribution in [0.3, 0.4) is 0 Å². The van der Waals surface area contributed by atoms with E-state index in [0.29, 0.717) is 6.54 Å². The van der Waals surface area contributed by atoms with Crippen LogP contribution in [0.1, 0.15) is 5.56 Å². The number of para-hydroxylation sites is 1. The Hall–Kier alpha value is -2.31. The molecule has 0 unspecified atom stereocenters. The molecule has 22 heavy (non-hydrogen) atoms. The van der Waals surface area contributed by atoms with Crippen molar-refractivity contribution in [2.24, 2.45) is 0 Å². The fourth-order valence-electron chi connectivity index (χ4n) is 2.16. The first-order chi connectivity index (χ1) is 10.3. The highest BCUT2D eigenvalue weighted by atomic mass is 35.5. The van der Waals surface area contributed by atoms with Gasteiger partial charge in [-0.2, -0.15) is 5.10 Å². The van der Waals surface area contributed by atoms with Gasteiger partial charge in [0, 0.05) is 24.5 Å². The molecule has 2 aromatic heterocycles. The van der Waals surface area contributed by atoms with Gasteiger partial charge < -0.3 is 15.1 Å². The molecule has 3 aromatic rings. The van der Waals surface area contributed by atoms with Gasteiger partial charge in [0.25, 0.3) is 0 Å². The van der Waals surface area contributed by atoms with Crippen LogP contribution in [-0.4, -0.2) is 29.7 Å². The molecule has 6 nitrogen and oxygen atoms in total. The Morgan fingerprint density at radius 2 is 2.18 bits per heavy atom. The highest BCUT2D eigenvalue weighted by Crippen LogP contribution is 2.28. The first kappa shape index (κ1) is 16.1. The Kier molecular flexibility index (Phi) is 5.19. The van der Waals surface area contributed by atoms with Crippen LogP contribution in [-0.2, 0) is 11.3 Å². The average molecular weight is 321 g/mol. The van der Waals surface area contributed by atoms with Gasteiger partial charge in [0.1, 0.15) is 11.3 Å². The van der Waals surface area contributed by atoms with Crippen molar-refractivity contribution in [1.82, 2.24) is 20.8 Å². The third-order valence-corrected chi connectivity index (χ3v) is 3.27. The molecule has 0 radical (unpaired) electrons. The maximum absolute atomic E-state index is 11.2. The monoisotopic (exact) mass is 320 g/mol. The summed E-state index contributed by atoms with van der Waals surface area (Å²) in [6.45, 7) is 0.803. The Morgan fingerprint density at radius 1 is 1.36 bits per heavy atom. The van der Waals surface area contributed by atoms with E-state index in [2.05, 4.69) is 20.8 Å². The van der Waals surface area contributed by atoms with E-state index in [-0.39, 0.29) is 24.9 Å². The van der Waals surface area contributed by atoms with E-state index in [9.17, 15) is 4.79 Å². The molecule has 0 bridgehead atoms. The molecule has 0 aliphatic rings. The van der Waals surface area contributed by atoms with E-state index < -0.39 is 0 Å². The number of furan rings is 1. The fraction of sp³-hybridized carbons (Fsp3) is 0.200. The zero-order valence-electron chi connectivity index (χ0n) is 12.1. The molecule has 0 atom stereocenters. The summed E-state index contributed by atoms with van der Waals surface area (Å²) in [6.07, 6.45) is 1.74. The largest absolute Gasteiger partial charge is 0.454 e. The zero-order valence-corrected chi connectivity index (χ0v) is 12.9. The van der Waals surface area contributed by atoms with Gasteiger partial charge in [-0.05, 0) is 12.1 Å². The molecule has 0 spiro atoms. The quantitative estimate of drug-likeness (QED) is 0.672. The van der Waals surface area contributed by atoms with Crippen LogP contribution in [0.15, 0.2) is 40.9 Å². The van der Waals surface area contributed by atoms with Crippen LogP contribution in [0.25, 0.3) is 22.4 Å². The van der Waals surface area contributed by atoms with Crippen molar-refractivity contribution in [3.05, 3.63) is 42.1 Å². The van der Waals surface area contributed by atoms with E-state index in [1.807, 2.05) is 30.3 Å². The Labute approximate surface area is 133 Å². The molecule has 0 aliphatic heterocycles. The smallest absolute Gasteiger partial charge is 0.233 e. The van der Waals surface area contributed by atoms with Crippen LogP contribution in [0.4, 0.5) is 0 Å². The molecule has 0 fully saturated rings. The van der Waals surface area contributed by atoms with E-state index >= 15 is 0 Å². The second-order valence-electron chi connectivity index (χ2n) is 4.70. The molecule has 3 rings (SSSR count). The number of aromatic amines is 1. The number of carbonyl (C=O) groups is 1. The van der Waals surface area contributed by atoms with Crippen molar-refractivity contribution in [1.29, 1.82) is 0 Å². The van der Waals surface area contributed by atoms with E-state index in [1.54, 1.807) is 13.2 Å². The molecule has 3 N–H and O–H groups in total. The van der Waals surface area contributed by atoms with Crippen LogP contribution in [0, 0.1) is 0 Å². The molecule has 0 aliphatic carbocycles. The lowest BCUT2D eigenvalue weighted by atomic mass is 10.2. The second-order valence-corrected chi connectivity index (χ2v) is 4.70. The fourth-order valence-corrected chi connectivity index (χ4v) is 2.16. The summed E-state index contributed by atoms with van der Waals surface area (Å²) < 4.78 is 5.82. The molecule has 0 saturated heterocycles. The average Bonchev–Trinajstić information content (AvgIpc) is 3.12. The van der Waals surface area contributed by atoms with E-state index in [0.717, 1.165) is 28.0 Å². The predicted molar refractivity (Wildman–Crippen MR) is 86.8 cm³/mol. The lowest BCUT2D eigenvalue weighted by Gasteiger charge is -2.03. The highest BCUT2D eigenvalue weighted by Gasteiger charge is 2.12. The Bertz CT molecular complexity index is 733. The SMILES string of the molecule is CNC(=O)CNCc1cn[nH]c1-c1cc2ccccc2o1.Cl. The summed E-state index contributed by atoms with van der Waals surface area (Å²) in [5.41, 5.74) is 2.62. The van der Waals surface area contributed by atoms with Gasteiger partial charge in [0.15, 0.2) is 5.76 Å². The lowest BCUT2D eigenvalue weighted by molar-refractivity contribution is -0.119. The molecular formula is C15H17ClN4O2. The number of hydrogen-bond acceptors (Lipinski definition) is 4. The predicted octanol–water partition coefficient (Wildman–Crippen LogP) is 2.08. The number of carbonyl (C=O) groups excluding carboxylic acids is 1. The van der Waals surface area contributed by atoms with Gasteiger partial charge in [-0.1, -0.05) is 18.2 Å².